The molecular formula is C16H12N4. The highest BCUT2D eigenvalue weighted by Gasteiger charge is 2.28. The van der Waals surface area contributed by atoms with E-state index in [-0.39, 0.29) is 0 Å². The number of pyridine rings is 1. The van der Waals surface area contributed by atoms with Gasteiger partial charge >= 0.3 is 0 Å². The van der Waals surface area contributed by atoms with Crippen molar-refractivity contribution < 1.29 is 0 Å². The van der Waals surface area contributed by atoms with Crippen molar-refractivity contribution in [2.75, 3.05) is 0 Å². The Morgan fingerprint density at radius 2 is 1.95 bits per heavy atom. The van der Waals surface area contributed by atoms with Crippen LogP contribution in [0.1, 0.15) is 24.4 Å². The third-order valence-corrected chi connectivity index (χ3v) is 3.67. The molecular weight excluding hydrogens is 248 g/mol. The summed E-state index contributed by atoms with van der Waals surface area (Å²) in [6, 6.07) is 12.4. The van der Waals surface area contributed by atoms with E-state index in [4.69, 9.17) is 10.2 Å². The van der Waals surface area contributed by atoms with Crippen molar-refractivity contribution in [3.05, 3.63) is 48.3 Å². The number of hydrogen-bond donors (Lipinski definition) is 0. The van der Waals surface area contributed by atoms with Crippen LogP contribution in [-0.4, -0.2) is 14.5 Å². The Balaban J connectivity index is 2.02. The molecule has 1 saturated carbocycles. The van der Waals surface area contributed by atoms with Gasteiger partial charge in [-0.25, -0.2) is 4.98 Å². The van der Waals surface area contributed by atoms with E-state index in [1.165, 1.54) is 12.8 Å². The van der Waals surface area contributed by atoms with Gasteiger partial charge in [0.15, 0.2) is 0 Å². The first-order chi connectivity index (χ1) is 9.86. The summed E-state index contributed by atoms with van der Waals surface area (Å²) in [6.07, 6.45) is 5.93. The highest BCUT2D eigenvalue weighted by Crippen LogP contribution is 2.41. The number of rotatable bonds is 2. The average molecular weight is 260 g/mol. The first-order valence-electron chi connectivity index (χ1n) is 6.69. The van der Waals surface area contributed by atoms with Crippen LogP contribution >= 0.6 is 0 Å². The molecule has 0 radical (unpaired) electrons. The quantitative estimate of drug-likeness (QED) is 0.710. The topological polar surface area (TPSA) is 54.5 Å². The van der Waals surface area contributed by atoms with Crippen LogP contribution in [0, 0.1) is 11.3 Å². The van der Waals surface area contributed by atoms with Crippen molar-refractivity contribution in [2.24, 2.45) is 0 Å². The van der Waals surface area contributed by atoms with Crippen molar-refractivity contribution in [3.63, 3.8) is 0 Å². The molecule has 1 fully saturated rings. The minimum absolute atomic E-state index is 0.511. The van der Waals surface area contributed by atoms with Gasteiger partial charge < -0.3 is 4.57 Å². The van der Waals surface area contributed by atoms with E-state index in [1.807, 2.05) is 30.3 Å². The van der Waals surface area contributed by atoms with Gasteiger partial charge in [-0.2, -0.15) is 5.26 Å². The monoisotopic (exact) mass is 260 g/mol. The molecule has 2 aromatic heterocycles. The minimum Gasteiger partial charge on any atom is -0.321 e. The fourth-order valence-electron chi connectivity index (χ4n) is 2.57. The first kappa shape index (κ1) is 11.2. The summed E-state index contributed by atoms with van der Waals surface area (Å²) in [6.45, 7) is 0. The lowest BCUT2D eigenvalue weighted by Crippen LogP contribution is -1.97. The number of benzene rings is 1. The molecule has 0 bridgehead atoms. The number of fused-ring (bicyclic) bond motifs is 1. The van der Waals surface area contributed by atoms with E-state index in [9.17, 15) is 0 Å². The summed E-state index contributed by atoms with van der Waals surface area (Å²) in [4.78, 5) is 8.81. The number of nitrogens with zero attached hydrogens (tertiary/aromatic N) is 4. The summed E-state index contributed by atoms with van der Waals surface area (Å²) in [5.74, 6) is 0.972. The molecule has 20 heavy (non-hydrogen) atoms. The van der Waals surface area contributed by atoms with Crippen LogP contribution < -0.4 is 0 Å². The van der Waals surface area contributed by atoms with Crippen LogP contribution in [0.15, 0.2) is 42.7 Å². The van der Waals surface area contributed by atoms with Gasteiger partial charge in [0, 0.05) is 24.0 Å². The smallest absolute Gasteiger partial charge is 0.141 e. The lowest BCUT2D eigenvalue weighted by molar-refractivity contribution is 0.775. The molecule has 1 aliphatic carbocycles. The lowest BCUT2D eigenvalue weighted by Gasteiger charge is -2.07. The van der Waals surface area contributed by atoms with E-state index in [1.54, 1.807) is 12.4 Å². The second kappa shape index (κ2) is 4.17. The number of aromatic nitrogens is 3. The van der Waals surface area contributed by atoms with Crippen LogP contribution in [0.5, 0.6) is 0 Å². The van der Waals surface area contributed by atoms with Gasteiger partial charge in [-0.3, -0.25) is 4.98 Å². The summed E-state index contributed by atoms with van der Waals surface area (Å²) in [5, 5.41) is 9.08. The molecule has 96 valence electrons. The minimum atomic E-state index is 0.511. The third-order valence-electron chi connectivity index (χ3n) is 3.67. The summed E-state index contributed by atoms with van der Waals surface area (Å²) < 4.78 is 2.27. The Kier molecular flexibility index (Phi) is 2.33. The Hall–Kier alpha value is -2.67. The molecule has 3 aromatic rings. The van der Waals surface area contributed by atoms with E-state index in [0.717, 1.165) is 22.4 Å². The molecule has 1 aromatic carbocycles. The molecule has 0 spiro atoms. The summed E-state index contributed by atoms with van der Waals surface area (Å²) >= 11 is 0. The van der Waals surface area contributed by atoms with Crippen molar-refractivity contribution in [1.82, 2.24) is 14.5 Å². The fraction of sp³-hybridized carbons (Fsp3) is 0.188. The van der Waals surface area contributed by atoms with E-state index < -0.39 is 0 Å². The van der Waals surface area contributed by atoms with E-state index in [0.29, 0.717) is 11.6 Å². The zero-order valence-corrected chi connectivity index (χ0v) is 10.8. The van der Waals surface area contributed by atoms with Crippen LogP contribution in [0.2, 0.25) is 0 Å². The Labute approximate surface area is 116 Å². The molecule has 4 nitrogen and oxygen atoms in total. The predicted molar refractivity (Wildman–Crippen MR) is 76.0 cm³/mol. The molecule has 0 unspecified atom stereocenters. The molecule has 0 saturated heterocycles. The average Bonchev–Trinajstić information content (AvgIpc) is 3.27. The highest BCUT2D eigenvalue weighted by molar-refractivity contribution is 5.82. The van der Waals surface area contributed by atoms with Gasteiger partial charge in [0.2, 0.25) is 0 Å². The standard InChI is InChI=1S/C16H12N4/c17-10-11-1-4-14-15(9-11)20(13-2-3-13)16(19-14)12-5-7-18-8-6-12/h1,4-9,13H,2-3H2. The largest absolute Gasteiger partial charge is 0.321 e. The molecule has 0 atom stereocenters. The van der Waals surface area contributed by atoms with E-state index >= 15 is 0 Å². The molecule has 1 aliphatic rings. The SMILES string of the molecule is N#Cc1ccc2nc(-c3ccncc3)n(C3CC3)c2c1. The van der Waals surface area contributed by atoms with Crippen molar-refractivity contribution in [2.45, 2.75) is 18.9 Å². The maximum absolute atomic E-state index is 9.08. The van der Waals surface area contributed by atoms with Gasteiger partial charge in [-0.1, -0.05) is 0 Å². The maximum atomic E-state index is 9.08. The highest BCUT2D eigenvalue weighted by atomic mass is 15.1. The first-order valence-corrected chi connectivity index (χ1v) is 6.69. The van der Waals surface area contributed by atoms with Gasteiger partial charge in [-0.05, 0) is 43.2 Å². The molecule has 0 N–H and O–H groups in total. The zero-order chi connectivity index (χ0) is 13.5. The number of imidazole rings is 1. The second-order valence-corrected chi connectivity index (χ2v) is 5.09. The van der Waals surface area contributed by atoms with Gasteiger partial charge in [0.05, 0.1) is 22.7 Å². The molecule has 0 amide bonds. The van der Waals surface area contributed by atoms with Crippen LogP contribution in [-0.2, 0) is 0 Å². The maximum Gasteiger partial charge on any atom is 0.141 e. The Morgan fingerprint density at radius 3 is 2.65 bits per heavy atom. The molecule has 4 heteroatoms. The van der Waals surface area contributed by atoms with Crippen LogP contribution in [0.4, 0.5) is 0 Å². The molecule has 2 heterocycles. The lowest BCUT2D eigenvalue weighted by atomic mass is 10.2. The molecule has 0 aliphatic heterocycles. The molecule has 4 rings (SSSR count). The van der Waals surface area contributed by atoms with Gasteiger partial charge in [-0.15, -0.1) is 0 Å². The fourth-order valence-corrected chi connectivity index (χ4v) is 2.57. The van der Waals surface area contributed by atoms with Crippen molar-refractivity contribution in [3.8, 4) is 17.5 Å². The van der Waals surface area contributed by atoms with E-state index in [2.05, 4.69) is 15.6 Å². The van der Waals surface area contributed by atoms with Crippen LogP contribution in [0.25, 0.3) is 22.4 Å². The number of nitriles is 1. The van der Waals surface area contributed by atoms with Crippen molar-refractivity contribution >= 4 is 11.0 Å². The Morgan fingerprint density at radius 1 is 1.15 bits per heavy atom. The third kappa shape index (κ3) is 1.68. The summed E-state index contributed by atoms with van der Waals surface area (Å²) in [5.41, 5.74) is 3.75. The van der Waals surface area contributed by atoms with Crippen molar-refractivity contribution in [1.29, 1.82) is 5.26 Å². The Bertz CT molecular complexity index is 823. The normalized spacial score (nSPS) is 14.3. The van der Waals surface area contributed by atoms with Gasteiger partial charge in [0.1, 0.15) is 5.82 Å². The van der Waals surface area contributed by atoms with Crippen LogP contribution in [0.3, 0.4) is 0 Å². The summed E-state index contributed by atoms with van der Waals surface area (Å²) in [7, 11) is 0. The predicted octanol–water partition coefficient (Wildman–Crippen LogP) is 3.30. The number of hydrogen-bond acceptors (Lipinski definition) is 3. The second-order valence-electron chi connectivity index (χ2n) is 5.09. The zero-order valence-electron chi connectivity index (χ0n) is 10.8. The van der Waals surface area contributed by atoms with Gasteiger partial charge in [0.25, 0.3) is 0 Å².